The topological polar surface area (TPSA) is 75.6 Å². The molecular formula is C15H12N4OS. The van der Waals surface area contributed by atoms with Crippen molar-refractivity contribution in [2.45, 2.75) is 24.6 Å². The molecule has 0 aliphatic carbocycles. The Hall–Kier alpha value is -2.39. The van der Waals surface area contributed by atoms with Gasteiger partial charge in [0.25, 0.3) is 0 Å². The molecule has 3 rings (SSSR count). The summed E-state index contributed by atoms with van der Waals surface area (Å²) in [5, 5.41) is 9.89. The minimum atomic E-state index is 0.515. The van der Waals surface area contributed by atoms with E-state index in [2.05, 4.69) is 21.0 Å². The highest BCUT2D eigenvalue weighted by Gasteiger charge is 2.12. The highest BCUT2D eigenvalue weighted by Crippen LogP contribution is 2.26. The molecule has 1 aromatic carbocycles. The van der Waals surface area contributed by atoms with E-state index < -0.39 is 0 Å². The number of nitriles is 1. The summed E-state index contributed by atoms with van der Waals surface area (Å²) in [6, 6.07) is 9.79. The normalized spacial score (nSPS) is 10.7. The molecule has 2 aromatic heterocycles. The van der Waals surface area contributed by atoms with Crippen LogP contribution in [0.15, 0.2) is 33.7 Å². The van der Waals surface area contributed by atoms with E-state index in [-0.39, 0.29) is 0 Å². The van der Waals surface area contributed by atoms with Crippen LogP contribution in [0.5, 0.6) is 0 Å². The Bertz CT molecular complexity index is 817. The number of rotatable bonds is 3. The number of thioether (sulfide) groups is 1. The second-order valence-corrected chi connectivity index (χ2v) is 5.48. The van der Waals surface area contributed by atoms with Crippen molar-refractivity contribution in [1.82, 2.24) is 15.0 Å². The Morgan fingerprint density at radius 3 is 2.76 bits per heavy atom. The Kier molecular flexibility index (Phi) is 3.59. The fraction of sp³-hybridized carbons (Fsp3) is 0.200. The molecule has 3 aromatic rings. The summed E-state index contributed by atoms with van der Waals surface area (Å²) in [5.41, 5.74) is 2.82. The van der Waals surface area contributed by atoms with E-state index in [1.165, 1.54) is 11.8 Å². The second-order valence-electron chi connectivity index (χ2n) is 4.51. The molecule has 21 heavy (non-hydrogen) atoms. The monoisotopic (exact) mass is 296 g/mol. The van der Waals surface area contributed by atoms with Gasteiger partial charge >= 0.3 is 0 Å². The van der Waals surface area contributed by atoms with Crippen molar-refractivity contribution in [3.05, 3.63) is 47.2 Å². The first-order chi connectivity index (χ1) is 10.2. The molecular weight excluding hydrogens is 284 g/mol. The quantitative estimate of drug-likeness (QED) is 0.544. The Balaban J connectivity index is 1.86. The molecule has 0 unspecified atom stereocenters. The first kappa shape index (κ1) is 13.6. The van der Waals surface area contributed by atoms with Crippen LogP contribution < -0.4 is 0 Å². The number of para-hydroxylation sites is 2. The molecule has 0 fully saturated rings. The van der Waals surface area contributed by atoms with Gasteiger partial charge in [-0.25, -0.2) is 15.0 Å². The SMILES string of the molecule is Cc1nc(C)c(C#N)c(SCc2nc3ccccc3o2)n1. The summed E-state index contributed by atoms with van der Waals surface area (Å²) >= 11 is 1.44. The van der Waals surface area contributed by atoms with Crippen LogP contribution in [0.25, 0.3) is 11.1 Å². The van der Waals surface area contributed by atoms with E-state index in [0.29, 0.717) is 33.8 Å². The van der Waals surface area contributed by atoms with Crippen LogP contribution >= 0.6 is 11.8 Å². The zero-order valence-electron chi connectivity index (χ0n) is 11.6. The maximum Gasteiger partial charge on any atom is 0.205 e. The first-order valence-electron chi connectivity index (χ1n) is 6.40. The van der Waals surface area contributed by atoms with Crippen molar-refractivity contribution in [2.75, 3.05) is 0 Å². The van der Waals surface area contributed by atoms with Crippen LogP contribution in [0.4, 0.5) is 0 Å². The zero-order valence-corrected chi connectivity index (χ0v) is 12.4. The van der Waals surface area contributed by atoms with Gasteiger partial charge < -0.3 is 4.42 Å². The van der Waals surface area contributed by atoms with E-state index in [9.17, 15) is 5.26 Å². The number of hydrogen-bond donors (Lipinski definition) is 0. The van der Waals surface area contributed by atoms with Gasteiger partial charge in [0, 0.05) is 0 Å². The molecule has 0 bridgehead atoms. The maximum atomic E-state index is 9.22. The molecule has 0 atom stereocenters. The minimum Gasteiger partial charge on any atom is -0.440 e. The third-order valence-electron chi connectivity index (χ3n) is 2.95. The van der Waals surface area contributed by atoms with Gasteiger partial charge in [-0.3, -0.25) is 0 Å². The maximum absolute atomic E-state index is 9.22. The predicted octanol–water partition coefficient (Wildman–Crippen LogP) is 3.40. The van der Waals surface area contributed by atoms with Gasteiger partial charge in [-0.15, -0.1) is 0 Å². The highest BCUT2D eigenvalue weighted by molar-refractivity contribution is 7.98. The predicted molar refractivity (Wildman–Crippen MR) is 79.8 cm³/mol. The first-order valence-corrected chi connectivity index (χ1v) is 7.38. The van der Waals surface area contributed by atoms with Gasteiger partial charge in [0.1, 0.15) is 28.0 Å². The number of nitrogens with zero attached hydrogens (tertiary/aromatic N) is 4. The molecule has 0 spiro atoms. The molecule has 0 saturated heterocycles. The van der Waals surface area contributed by atoms with Crippen LogP contribution in [-0.4, -0.2) is 15.0 Å². The average Bonchev–Trinajstić information content (AvgIpc) is 2.87. The van der Waals surface area contributed by atoms with Crippen LogP contribution in [0.1, 0.15) is 23.0 Å². The van der Waals surface area contributed by atoms with Crippen LogP contribution in [0.3, 0.4) is 0 Å². The lowest BCUT2D eigenvalue weighted by Gasteiger charge is -2.04. The molecule has 104 valence electrons. The van der Waals surface area contributed by atoms with Gasteiger partial charge in [0.05, 0.1) is 11.4 Å². The average molecular weight is 296 g/mol. The van der Waals surface area contributed by atoms with Crippen LogP contribution in [0.2, 0.25) is 0 Å². The van der Waals surface area contributed by atoms with Gasteiger partial charge in [-0.05, 0) is 26.0 Å². The molecule has 5 nitrogen and oxygen atoms in total. The summed E-state index contributed by atoms with van der Waals surface area (Å²) in [6.45, 7) is 3.63. The van der Waals surface area contributed by atoms with Gasteiger partial charge in [-0.1, -0.05) is 23.9 Å². The standard InChI is InChI=1S/C15H12N4OS/c1-9-11(7-16)15(18-10(2)17-9)21-8-14-19-12-5-3-4-6-13(12)20-14/h3-6H,8H2,1-2H3. The van der Waals surface area contributed by atoms with Crippen LogP contribution in [-0.2, 0) is 5.75 Å². The van der Waals surface area contributed by atoms with Crippen molar-refractivity contribution in [2.24, 2.45) is 0 Å². The second kappa shape index (κ2) is 5.54. The lowest BCUT2D eigenvalue weighted by Crippen LogP contribution is -1.99. The number of aromatic nitrogens is 3. The van der Waals surface area contributed by atoms with Crippen molar-refractivity contribution in [3.63, 3.8) is 0 Å². The van der Waals surface area contributed by atoms with Crippen LogP contribution in [0, 0.1) is 25.2 Å². The largest absolute Gasteiger partial charge is 0.440 e. The minimum absolute atomic E-state index is 0.515. The summed E-state index contributed by atoms with van der Waals surface area (Å²) in [5.74, 6) is 1.81. The summed E-state index contributed by atoms with van der Waals surface area (Å²) in [4.78, 5) is 13.0. The highest BCUT2D eigenvalue weighted by atomic mass is 32.2. The fourth-order valence-electron chi connectivity index (χ4n) is 2.03. The number of oxazole rings is 1. The lowest BCUT2D eigenvalue weighted by atomic mass is 10.3. The number of fused-ring (bicyclic) bond motifs is 1. The van der Waals surface area contributed by atoms with E-state index in [1.807, 2.05) is 38.1 Å². The molecule has 0 amide bonds. The number of benzene rings is 1. The Morgan fingerprint density at radius 2 is 2.00 bits per heavy atom. The molecule has 6 heteroatoms. The van der Waals surface area contributed by atoms with E-state index >= 15 is 0 Å². The van der Waals surface area contributed by atoms with Gasteiger partial charge in [-0.2, -0.15) is 5.26 Å². The third kappa shape index (κ3) is 2.73. The summed E-state index contributed by atoms with van der Waals surface area (Å²) in [6.07, 6.45) is 0. The third-order valence-corrected chi connectivity index (χ3v) is 3.91. The Morgan fingerprint density at radius 1 is 1.19 bits per heavy atom. The van der Waals surface area contributed by atoms with E-state index in [4.69, 9.17) is 4.42 Å². The lowest BCUT2D eigenvalue weighted by molar-refractivity contribution is 0.556. The zero-order chi connectivity index (χ0) is 14.8. The van der Waals surface area contributed by atoms with Gasteiger partial charge in [0.2, 0.25) is 5.89 Å². The number of aryl methyl sites for hydroxylation is 2. The molecule has 2 heterocycles. The van der Waals surface area contributed by atoms with Crippen molar-refractivity contribution in [1.29, 1.82) is 5.26 Å². The molecule has 0 saturated carbocycles. The summed E-state index contributed by atoms with van der Waals surface area (Å²) < 4.78 is 5.67. The Labute approximate surface area is 126 Å². The molecule has 0 radical (unpaired) electrons. The van der Waals surface area contributed by atoms with E-state index in [0.717, 1.165) is 11.1 Å². The van der Waals surface area contributed by atoms with Crippen molar-refractivity contribution in [3.8, 4) is 6.07 Å². The van der Waals surface area contributed by atoms with Gasteiger partial charge in [0.15, 0.2) is 5.58 Å². The molecule has 0 aliphatic heterocycles. The molecule has 0 aliphatic rings. The number of hydrogen-bond acceptors (Lipinski definition) is 6. The fourth-order valence-corrected chi connectivity index (χ4v) is 2.94. The molecule has 0 N–H and O–H groups in total. The summed E-state index contributed by atoms with van der Waals surface area (Å²) in [7, 11) is 0. The van der Waals surface area contributed by atoms with Crippen molar-refractivity contribution < 1.29 is 4.42 Å². The van der Waals surface area contributed by atoms with E-state index in [1.54, 1.807) is 0 Å². The van der Waals surface area contributed by atoms with Crippen molar-refractivity contribution >= 4 is 22.9 Å². The smallest absolute Gasteiger partial charge is 0.205 e.